The second-order valence-electron chi connectivity index (χ2n) is 8.26. The molecule has 2 saturated heterocycles. The van der Waals surface area contributed by atoms with Crippen LogP contribution in [0.5, 0.6) is 5.75 Å². The van der Waals surface area contributed by atoms with Crippen LogP contribution in [0.2, 0.25) is 0 Å². The molecular formula is C22H31N3O5. The number of carbonyl (C=O) groups excluding carboxylic acids is 1. The summed E-state index contributed by atoms with van der Waals surface area (Å²) < 4.78 is 13.3. The van der Waals surface area contributed by atoms with Crippen LogP contribution in [-0.4, -0.2) is 94.7 Å². The first-order valence-corrected chi connectivity index (χ1v) is 10.6. The summed E-state index contributed by atoms with van der Waals surface area (Å²) in [5.74, 6) is 0.514. The van der Waals surface area contributed by atoms with Gasteiger partial charge in [-0.25, -0.2) is 0 Å². The molecule has 0 radical (unpaired) electrons. The number of hydrogen-bond donors (Lipinski definition) is 2. The third-order valence-corrected chi connectivity index (χ3v) is 6.37. The fourth-order valence-electron chi connectivity index (χ4n) is 4.40. The van der Waals surface area contributed by atoms with E-state index in [4.69, 9.17) is 9.47 Å². The molecule has 2 fully saturated rings. The highest BCUT2D eigenvalue weighted by Gasteiger charge is 2.37. The van der Waals surface area contributed by atoms with Gasteiger partial charge < -0.3 is 29.2 Å². The zero-order valence-corrected chi connectivity index (χ0v) is 17.7. The smallest absolute Gasteiger partial charge is 0.260 e. The highest BCUT2D eigenvalue weighted by Crippen LogP contribution is 2.24. The van der Waals surface area contributed by atoms with Gasteiger partial charge >= 0.3 is 0 Å². The summed E-state index contributed by atoms with van der Waals surface area (Å²) in [6, 6.07) is 7.60. The van der Waals surface area contributed by atoms with Crippen molar-refractivity contribution in [2.75, 3.05) is 46.0 Å². The number of nitrogens with zero attached hydrogens (tertiary/aromatic N) is 3. The minimum atomic E-state index is -0.884. The number of benzene rings is 1. The number of aliphatic hydroxyl groups is 2. The van der Waals surface area contributed by atoms with E-state index in [0.29, 0.717) is 51.6 Å². The second-order valence-corrected chi connectivity index (χ2v) is 8.26. The molecule has 30 heavy (non-hydrogen) atoms. The maximum absolute atomic E-state index is 12.9. The highest BCUT2D eigenvalue weighted by atomic mass is 16.5. The van der Waals surface area contributed by atoms with E-state index in [9.17, 15) is 15.0 Å². The normalized spacial score (nSPS) is 26.0. The molecule has 4 rings (SSSR count). The first-order chi connectivity index (χ1) is 14.4. The van der Waals surface area contributed by atoms with Crippen LogP contribution in [0.25, 0.3) is 10.9 Å². The molecule has 0 unspecified atom stereocenters. The van der Waals surface area contributed by atoms with Gasteiger partial charge in [0.2, 0.25) is 0 Å². The second kappa shape index (κ2) is 8.93. The molecule has 8 heteroatoms. The Morgan fingerprint density at radius 2 is 1.97 bits per heavy atom. The predicted octanol–water partition coefficient (Wildman–Crippen LogP) is 0.520. The Kier molecular flexibility index (Phi) is 6.29. The molecule has 1 amide bonds. The third-order valence-electron chi connectivity index (χ3n) is 6.37. The van der Waals surface area contributed by atoms with Gasteiger partial charge in [0, 0.05) is 49.8 Å². The van der Waals surface area contributed by atoms with Crippen LogP contribution in [0.15, 0.2) is 24.3 Å². The standard InChI is InChI=1S/C22H31N3O5/c1-15-11-16-12-17(3-4-18(16)23(15)2)30-14-21(27)25-6-5-20(26)22(28)19(13-25)24-7-9-29-10-8-24/h3-4,11-12,19-20,22,26,28H,5-10,13-14H2,1-2H3/t19-,20-,22+/m1/s1. The molecule has 0 aliphatic carbocycles. The Morgan fingerprint density at radius 1 is 1.20 bits per heavy atom. The van der Waals surface area contributed by atoms with E-state index >= 15 is 0 Å². The largest absolute Gasteiger partial charge is 0.484 e. The van der Waals surface area contributed by atoms with Crippen molar-refractivity contribution < 1.29 is 24.5 Å². The summed E-state index contributed by atoms with van der Waals surface area (Å²) in [4.78, 5) is 16.7. The monoisotopic (exact) mass is 417 g/mol. The van der Waals surface area contributed by atoms with E-state index < -0.39 is 12.2 Å². The van der Waals surface area contributed by atoms with Crippen molar-refractivity contribution in [1.82, 2.24) is 14.4 Å². The van der Waals surface area contributed by atoms with Crippen molar-refractivity contribution in [2.24, 2.45) is 7.05 Å². The van der Waals surface area contributed by atoms with Crippen LogP contribution in [0.3, 0.4) is 0 Å². The quantitative estimate of drug-likeness (QED) is 0.754. The molecular weight excluding hydrogens is 386 g/mol. The van der Waals surface area contributed by atoms with Crippen molar-refractivity contribution in [3.8, 4) is 5.75 Å². The maximum Gasteiger partial charge on any atom is 0.260 e. The number of aliphatic hydroxyl groups excluding tert-OH is 2. The van der Waals surface area contributed by atoms with E-state index in [1.54, 1.807) is 4.90 Å². The fraction of sp³-hybridized carbons (Fsp3) is 0.591. The van der Waals surface area contributed by atoms with E-state index in [1.165, 1.54) is 0 Å². The zero-order valence-electron chi connectivity index (χ0n) is 17.7. The van der Waals surface area contributed by atoms with Gasteiger partial charge in [-0.05, 0) is 37.6 Å². The van der Waals surface area contributed by atoms with Gasteiger partial charge in [0.15, 0.2) is 6.61 Å². The number of ether oxygens (including phenoxy) is 2. The SMILES string of the molecule is Cc1cc2cc(OCC(=O)N3CC[C@@H](O)[C@@H](O)[C@H](N4CCOCC4)C3)ccc2n1C. The lowest BCUT2D eigenvalue weighted by Gasteiger charge is -2.38. The molecule has 0 spiro atoms. The Morgan fingerprint density at radius 3 is 2.73 bits per heavy atom. The van der Waals surface area contributed by atoms with Gasteiger partial charge in [-0.1, -0.05) is 0 Å². The Bertz CT molecular complexity index is 892. The molecule has 0 bridgehead atoms. The van der Waals surface area contributed by atoms with Crippen LogP contribution >= 0.6 is 0 Å². The lowest BCUT2D eigenvalue weighted by atomic mass is 10.0. The van der Waals surface area contributed by atoms with Crippen molar-refractivity contribution in [3.63, 3.8) is 0 Å². The Labute approximate surface area is 176 Å². The van der Waals surface area contributed by atoms with E-state index in [2.05, 4.69) is 22.5 Å². The van der Waals surface area contributed by atoms with Crippen molar-refractivity contribution in [2.45, 2.75) is 31.6 Å². The van der Waals surface area contributed by atoms with E-state index in [-0.39, 0.29) is 18.6 Å². The van der Waals surface area contributed by atoms with Crippen LogP contribution in [0.1, 0.15) is 12.1 Å². The Hall–Kier alpha value is -2.13. The van der Waals surface area contributed by atoms with Crippen LogP contribution in [0, 0.1) is 6.92 Å². The average Bonchev–Trinajstić information content (AvgIpc) is 2.95. The van der Waals surface area contributed by atoms with Crippen LogP contribution < -0.4 is 4.74 Å². The number of aromatic nitrogens is 1. The van der Waals surface area contributed by atoms with Gasteiger partial charge in [0.05, 0.1) is 31.5 Å². The van der Waals surface area contributed by atoms with E-state index in [1.807, 2.05) is 25.2 Å². The molecule has 2 aliphatic heterocycles. The molecule has 2 aliphatic rings. The highest BCUT2D eigenvalue weighted by molar-refractivity contribution is 5.83. The summed E-state index contributed by atoms with van der Waals surface area (Å²) in [6.07, 6.45) is -1.38. The van der Waals surface area contributed by atoms with Gasteiger partial charge in [-0.2, -0.15) is 0 Å². The number of hydrogen-bond acceptors (Lipinski definition) is 6. The zero-order chi connectivity index (χ0) is 21.3. The summed E-state index contributed by atoms with van der Waals surface area (Å²) >= 11 is 0. The summed E-state index contributed by atoms with van der Waals surface area (Å²) in [5.41, 5.74) is 2.28. The van der Waals surface area contributed by atoms with Crippen LogP contribution in [-0.2, 0) is 16.6 Å². The van der Waals surface area contributed by atoms with Gasteiger partial charge in [0.25, 0.3) is 5.91 Å². The molecule has 3 atom stereocenters. The number of amides is 1. The number of likely N-dealkylation sites (tertiary alicyclic amines) is 1. The van der Waals surface area contributed by atoms with Gasteiger partial charge in [-0.3, -0.25) is 9.69 Å². The molecule has 8 nitrogen and oxygen atoms in total. The number of morpholine rings is 1. The average molecular weight is 418 g/mol. The summed E-state index contributed by atoms with van der Waals surface area (Å²) in [7, 11) is 2.02. The number of carbonyl (C=O) groups is 1. The fourth-order valence-corrected chi connectivity index (χ4v) is 4.40. The molecule has 164 valence electrons. The minimum absolute atomic E-state index is 0.0701. The first-order valence-electron chi connectivity index (χ1n) is 10.6. The third kappa shape index (κ3) is 4.32. The molecule has 2 N–H and O–H groups in total. The molecule has 0 saturated carbocycles. The van der Waals surface area contributed by atoms with Crippen LogP contribution in [0.4, 0.5) is 0 Å². The number of aryl methyl sites for hydroxylation is 2. The Balaban J connectivity index is 1.41. The minimum Gasteiger partial charge on any atom is -0.484 e. The lowest BCUT2D eigenvalue weighted by molar-refractivity contribution is -0.134. The summed E-state index contributed by atoms with van der Waals surface area (Å²) in [6.45, 7) is 5.31. The summed E-state index contributed by atoms with van der Waals surface area (Å²) in [5, 5.41) is 22.0. The molecule has 3 heterocycles. The molecule has 1 aromatic heterocycles. The maximum atomic E-state index is 12.9. The van der Waals surface area contributed by atoms with Gasteiger partial charge in [0.1, 0.15) is 5.75 Å². The molecule has 1 aromatic carbocycles. The van der Waals surface area contributed by atoms with Gasteiger partial charge in [-0.15, -0.1) is 0 Å². The van der Waals surface area contributed by atoms with Crippen molar-refractivity contribution in [1.29, 1.82) is 0 Å². The lowest BCUT2D eigenvalue weighted by Crippen LogP contribution is -2.55. The van der Waals surface area contributed by atoms with E-state index in [0.717, 1.165) is 16.6 Å². The number of rotatable bonds is 4. The topological polar surface area (TPSA) is 87.4 Å². The van der Waals surface area contributed by atoms with Crippen molar-refractivity contribution in [3.05, 3.63) is 30.0 Å². The van der Waals surface area contributed by atoms with Crippen molar-refractivity contribution >= 4 is 16.8 Å². The molecule has 2 aromatic rings. The predicted molar refractivity (Wildman–Crippen MR) is 113 cm³/mol. The number of fused-ring (bicyclic) bond motifs is 1. The first kappa shape index (κ1) is 21.1.